The number of allylic oxidation sites excluding steroid dienone is 21. The van der Waals surface area contributed by atoms with Crippen LogP contribution < -0.4 is 0 Å². The van der Waals surface area contributed by atoms with Crippen LogP contribution in [0.5, 0.6) is 0 Å². The van der Waals surface area contributed by atoms with Crippen LogP contribution in [0.1, 0.15) is 82.1 Å². The molecule has 58 heavy (non-hydrogen) atoms. The Kier molecular flexibility index (Phi) is 22.9. The van der Waals surface area contributed by atoms with Crippen LogP contribution in [0.25, 0.3) is 0 Å². The van der Waals surface area contributed by atoms with E-state index in [1.165, 1.54) is 0 Å². The molecule has 0 fully saturated rings. The van der Waals surface area contributed by atoms with Gasteiger partial charge in [0.1, 0.15) is 49.5 Å². The Morgan fingerprint density at radius 3 is 1.83 bits per heavy atom. The van der Waals surface area contributed by atoms with E-state index in [0.717, 1.165) is 39.7 Å². The van der Waals surface area contributed by atoms with Gasteiger partial charge in [0.15, 0.2) is 5.78 Å². The lowest BCUT2D eigenvalue weighted by Gasteiger charge is -2.34. The predicted octanol–water partition coefficient (Wildman–Crippen LogP) is 6.75. The summed E-state index contributed by atoms with van der Waals surface area (Å²) in [4.78, 5) is 36.1. The van der Waals surface area contributed by atoms with Crippen LogP contribution in [-0.4, -0.2) is 98.7 Å². The summed E-state index contributed by atoms with van der Waals surface area (Å²) < 4.78 is 10.1. The first-order valence-electron chi connectivity index (χ1n) is 19.5. The summed E-state index contributed by atoms with van der Waals surface area (Å²) >= 11 is 0. The lowest BCUT2D eigenvalue weighted by molar-refractivity contribution is -0.126. The number of rotatable bonds is 21. The van der Waals surface area contributed by atoms with E-state index in [1.54, 1.807) is 20.8 Å². The van der Waals surface area contributed by atoms with Gasteiger partial charge in [-0.3, -0.25) is 9.59 Å². The van der Waals surface area contributed by atoms with E-state index in [0.29, 0.717) is 24.0 Å². The molecule has 1 aliphatic rings. The minimum absolute atomic E-state index is 0.185. The number of aliphatic hydroxyl groups excluding tert-OH is 6. The van der Waals surface area contributed by atoms with Gasteiger partial charge in [0.25, 0.3) is 0 Å². The molecule has 0 radical (unpaired) electrons. The zero-order valence-electron chi connectivity index (χ0n) is 35.8. The van der Waals surface area contributed by atoms with Crippen molar-refractivity contribution >= 4 is 18.2 Å². The molecule has 7 atom stereocenters. The van der Waals surface area contributed by atoms with Crippen molar-refractivity contribution in [1.82, 2.24) is 0 Å². The highest BCUT2D eigenvalue weighted by Crippen LogP contribution is 2.39. The van der Waals surface area contributed by atoms with Crippen molar-refractivity contribution in [3.05, 3.63) is 130 Å². The molecule has 0 saturated heterocycles. The van der Waals surface area contributed by atoms with Crippen LogP contribution in [0.4, 0.5) is 4.79 Å². The first-order chi connectivity index (χ1) is 27.1. The van der Waals surface area contributed by atoms with E-state index in [1.807, 2.05) is 134 Å². The lowest BCUT2D eigenvalue weighted by Crippen LogP contribution is -2.47. The third-order valence-electron chi connectivity index (χ3n) is 9.66. The van der Waals surface area contributed by atoms with Crippen molar-refractivity contribution in [1.29, 1.82) is 0 Å². The summed E-state index contributed by atoms with van der Waals surface area (Å²) in [6.07, 6.45) is 19.3. The molecule has 11 nitrogen and oxygen atoms in total. The van der Waals surface area contributed by atoms with Crippen LogP contribution >= 0.6 is 0 Å². The maximum atomic E-state index is 12.3. The summed E-state index contributed by atoms with van der Waals surface area (Å²) in [6.45, 7) is 17.5. The Hall–Kier alpha value is -4.49. The quantitative estimate of drug-likeness (QED) is 0.0312. The van der Waals surface area contributed by atoms with E-state index in [9.17, 15) is 39.9 Å². The van der Waals surface area contributed by atoms with Gasteiger partial charge in [0.05, 0.1) is 6.61 Å². The van der Waals surface area contributed by atoms with Gasteiger partial charge in [-0.2, -0.15) is 0 Å². The largest absolute Gasteiger partial charge is 0.508 e. The molecule has 6 N–H and O–H groups in total. The number of aldehydes is 1. The normalized spacial score (nSPS) is 21.2. The predicted molar refractivity (Wildman–Crippen MR) is 228 cm³/mol. The fraction of sp³-hybridized carbons (Fsp3) is 0.468. The van der Waals surface area contributed by atoms with Crippen molar-refractivity contribution in [3.63, 3.8) is 0 Å². The molecule has 0 amide bonds. The highest BCUT2D eigenvalue weighted by Gasteiger charge is 2.36. The number of carbonyl (C=O) groups excluding carboxylic acids is 3. The molecule has 0 aromatic rings. The summed E-state index contributed by atoms with van der Waals surface area (Å²) in [5, 5.41) is 57.9. The van der Waals surface area contributed by atoms with Crippen molar-refractivity contribution in [2.45, 2.75) is 119 Å². The monoisotopic (exact) mass is 806 g/mol. The van der Waals surface area contributed by atoms with Crippen molar-refractivity contribution < 1.29 is 54.5 Å². The van der Waals surface area contributed by atoms with Gasteiger partial charge in [-0.05, 0) is 94.9 Å². The first kappa shape index (κ1) is 51.5. The molecule has 0 aromatic heterocycles. The van der Waals surface area contributed by atoms with Gasteiger partial charge in [0, 0.05) is 0 Å². The van der Waals surface area contributed by atoms with Gasteiger partial charge in [-0.15, -0.1) is 0 Å². The summed E-state index contributed by atoms with van der Waals surface area (Å²) in [5.74, 6) is -0.384. The topological polar surface area (TPSA) is 191 Å². The molecule has 0 saturated carbocycles. The van der Waals surface area contributed by atoms with E-state index >= 15 is 0 Å². The number of hydrogen-bond acceptors (Lipinski definition) is 11. The van der Waals surface area contributed by atoms with Gasteiger partial charge < -0.3 is 40.1 Å². The Bertz CT molecular complexity index is 1740. The second kappa shape index (κ2) is 25.8. The standard InChI is InChI=1S/C47H66O11/c1-30(15-11-12-16-31(2)18-14-20-33(4)22-24-39-37(8)43(53)40(50)26-47(39,9)10)17-13-19-32(3)21-23-38(35(6)27-48)34(5)25-36(7)58-46(56)57-29-42(52)45(55)44(54)41(51)28-49/h11-24,27,34,36,40-42,44-45,49-52,54-55H,25-26,28-29H2,1-10H3/b12-11+,17-13+,18-14+,23-21+,24-22+,30-15+,31-16+,32-19+,33-20+,38-35-. The van der Waals surface area contributed by atoms with Gasteiger partial charge in [0.2, 0.25) is 0 Å². The van der Waals surface area contributed by atoms with Crippen LogP contribution in [0.2, 0.25) is 0 Å². The number of Topliss-reactive ketones (excluding diaryl/α,β-unsaturated/α-hetero) is 1. The molecule has 11 heteroatoms. The molecule has 0 aliphatic heterocycles. The fourth-order valence-corrected chi connectivity index (χ4v) is 6.14. The average Bonchev–Trinajstić information content (AvgIpc) is 3.16. The smallest absolute Gasteiger partial charge is 0.431 e. The maximum Gasteiger partial charge on any atom is 0.508 e. The molecular formula is C47H66O11. The summed E-state index contributed by atoms with van der Waals surface area (Å²) in [6, 6.07) is 0. The van der Waals surface area contributed by atoms with E-state index in [2.05, 4.69) is 0 Å². The second-order valence-electron chi connectivity index (χ2n) is 15.6. The molecular weight excluding hydrogens is 741 g/mol. The molecule has 0 bridgehead atoms. The Morgan fingerprint density at radius 2 is 1.29 bits per heavy atom. The average molecular weight is 807 g/mol. The lowest BCUT2D eigenvalue weighted by atomic mass is 9.71. The molecule has 0 aromatic carbocycles. The first-order valence-corrected chi connectivity index (χ1v) is 19.5. The van der Waals surface area contributed by atoms with E-state index in [4.69, 9.17) is 14.6 Å². The number of ether oxygens (including phenoxy) is 2. The van der Waals surface area contributed by atoms with Crippen LogP contribution in [0.3, 0.4) is 0 Å². The highest BCUT2D eigenvalue weighted by atomic mass is 16.7. The number of ketones is 1. The second-order valence-corrected chi connectivity index (χ2v) is 15.6. The molecule has 0 heterocycles. The van der Waals surface area contributed by atoms with Crippen molar-refractivity contribution in [2.24, 2.45) is 11.3 Å². The summed E-state index contributed by atoms with van der Waals surface area (Å²) in [7, 11) is 0. The SMILES string of the molecule is CC1=C(/C=C/C(C)=C/C=C/C(C)=C/C=C/C=C(C)/C=C/C=C(C)/C=C/C(=C(\C)C=O)C(C)CC(C)OC(=O)OCC(O)C(O)C(O)C(O)CO)C(C)(C)CC(O)C1=O. The zero-order chi connectivity index (χ0) is 44.2. The zero-order valence-corrected chi connectivity index (χ0v) is 35.8. The maximum absolute atomic E-state index is 12.3. The van der Waals surface area contributed by atoms with Gasteiger partial charge >= 0.3 is 6.16 Å². The molecule has 7 unspecified atom stereocenters. The molecule has 0 spiro atoms. The van der Waals surface area contributed by atoms with E-state index < -0.39 is 56.0 Å². The number of carbonyl (C=O) groups is 3. The number of aliphatic hydroxyl groups is 6. The van der Waals surface area contributed by atoms with Crippen LogP contribution in [0, 0.1) is 11.3 Å². The summed E-state index contributed by atoms with van der Waals surface area (Å²) in [5.41, 5.74) is 6.69. The minimum atomic E-state index is -1.87. The molecule has 320 valence electrons. The Morgan fingerprint density at radius 1 is 0.793 bits per heavy atom. The molecule has 1 rings (SSSR count). The van der Waals surface area contributed by atoms with E-state index in [-0.39, 0.29) is 17.1 Å². The van der Waals surface area contributed by atoms with Crippen molar-refractivity contribution in [3.8, 4) is 0 Å². The Balaban J connectivity index is 2.75. The minimum Gasteiger partial charge on any atom is -0.431 e. The number of hydrogen-bond donors (Lipinski definition) is 6. The van der Waals surface area contributed by atoms with Crippen molar-refractivity contribution in [2.75, 3.05) is 13.2 Å². The fourth-order valence-electron chi connectivity index (χ4n) is 6.14. The highest BCUT2D eigenvalue weighted by molar-refractivity contribution is 6.00. The third-order valence-corrected chi connectivity index (χ3v) is 9.66. The van der Waals surface area contributed by atoms with Gasteiger partial charge in [-0.25, -0.2) is 4.79 Å². The van der Waals surface area contributed by atoms with Crippen LogP contribution in [0.15, 0.2) is 130 Å². The third kappa shape index (κ3) is 18.4. The van der Waals surface area contributed by atoms with Crippen LogP contribution in [-0.2, 0) is 19.1 Å². The Labute approximate surface area is 344 Å². The molecule has 1 aliphatic carbocycles. The van der Waals surface area contributed by atoms with Gasteiger partial charge in [-0.1, -0.05) is 128 Å².